The number of nitrogens with zero attached hydrogens (tertiary/aromatic N) is 2. The highest BCUT2D eigenvalue weighted by molar-refractivity contribution is 6.91. The van der Waals surface area contributed by atoms with E-state index in [-0.39, 0.29) is 24.2 Å². The normalized spacial score (nSPS) is 17.5. The number of aromatic nitrogens is 2. The topological polar surface area (TPSA) is 126 Å². The van der Waals surface area contributed by atoms with Gasteiger partial charge in [-0.15, -0.1) is 0 Å². The number of pyridine rings is 2. The molecule has 2 aliphatic heterocycles. The molecular formula is C33H41N3O7Si. The second-order valence-electron chi connectivity index (χ2n) is 13.7. The Morgan fingerprint density at radius 3 is 2.52 bits per heavy atom. The van der Waals surface area contributed by atoms with Crippen LogP contribution in [0.1, 0.15) is 64.7 Å². The number of rotatable bonds is 7. The van der Waals surface area contributed by atoms with Gasteiger partial charge >= 0.3 is 18.0 Å². The number of ether oxygens (including phenoxy) is 3. The molecule has 10 nitrogen and oxygen atoms in total. The van der Waals surface area contributed by atoms with E-state index in [2.05, 4.69) is 38.3 Å². The van der Waals surface area contributed by atoms with Crippen LogP contribution in [0.4, 0.5) is 4.79 Å². The van der Waals surface area contributed by atoms with Crippen molar-refractivity contribution >= 4 is 42.2 Å². The minimum absolute atomic E-state index is 0.0253. The van der Waals surface area contributed by atoms with Crippen molar-refractivity contribution in [2.24, 2.45) is 5.92 Å². The van der Waals surface area contributed by atoms with Crippen molar-refractivity contribution in [2.45, 2.75) is 91.5 Å². The van der Waals surface area contributed by atoms with Crippen molar-refractivity contribution in [1.29, 1.82) is 0 Å². The minimum Gasteiger partial charge on any atom is -0.457 e. The molecule has 0 fully saturated rings. The van der Waals surface area contributed by atoms with E-state index >= 15 is 0 Å². The first kappa shape index (κ1) is 31.4. The zero-order valence-electron chi connectivity index (χ0n) is 26.8. The third-order valence-corrected chi connectivity index (χ3v) is 12.0. The largest absolute Gasteiger partial charge is 0.457 e. The van der Waals surface area contributed by atoms with Gasteiger partial charge in [0.2, 0.25) is 5.60 Å². The Kier molecular flexibility index (Phi) is 7.98. The van der Waals surface area contributed by atoms with Crippen LogP contribution in [-0.2, 0) is 42.6 Å². The van der Waals surface area contributed by atoms with E-state index in [9.17, 15) is 19.2 Å². The Labute approximate surface area is 258 Å². The number of cyclic esters (lactones) is 1. The fraction of sp³-hybridized carbons (Fsp3) is 0.485. The van der Waals surface area contributed by atoms with E-state index in [4.69, 9.17) is 19.2 Å². The summed E-state index contributed by atoms with van der Waals surface area (Å²) in [6.07, 6.45) is -0.769. The maximum absolute atomic E-state index is 14.1. The second-order valence-corrected chi connectivity index (χ2v) is 18.4. The van der Waals surface area contributed by atoms with Gasteiger partial charge in [0.15, 0.2) is 0 Å². The van der Waals surface area contributed by atoms with E-state index in [0.717, 1.165) is 22.5 Å². The average molecular weight is 620 g/mol. The van der Waals surface area contributed by atoms with E-state index < -0.39 is 43.9 Å². The maximum Gasteiger partial charge on any atom is 0.408 e. The molecule has 234 valence electrons. The van der Waals surface area contributed by atoms with Crippen molar-refractivity contribution in [3.63, 3.8) is 0 Å². The van der Waals surface area contributed by atoms with Crippen molar-refractivity contribution in [3.05, 3.63) is 57.4 Å². The number of alkyl carbamates (subject to hydrolysis) is 1. The zero-order chi connectivity index (χ0) is 32.2. The lowest BCUT2D eigenvalue weighted by Gasteiger charge is -2.35. The second kappa shape index (κ2) is 11.2. The highest BCUT2D eigenvalue weighted by Crippen LogP contribution is 2.41. The molecule has 1 amide bonds. The Hall–Kier alpha value is -3.99. The molecule has 5 rings (SSSR count). The monoisotopic (exact) mass is 619 g/mol. The van der Waals surface area contributed by atoms with Crippen LogP contribution in [0.3, 0.4) is 0 Å². The van der Waals surface area contributed by atoms with Crippen molar-refractivity contribution in [3.8, 4) is 11.4 Å². The molecule has 1 atom stereocenters. The SMILES string of the molecule is CCC1(OC(=O)CNC(=O)OC(C)(C)C)C(=O)OCc2c1cc1n(c2=O)Cc2c-1nc1ccccc1c2[Si](C)(C)CC(C)C. The molecule has 1 unspecified atom stereocenters. The highest BCUT2D eigenvalue weighted by atomic mass is 28.3. The van der Waals surface area contributed by atoms with Crippen molar-refractivity contribution < 1.29 is 28.6 Å². The number of nitrogens with one attached hydrogen (secondary N) is 1. The van der Waals surface area contributed by atoms with E-state index in [0.29, 0.717) is 29.4 Å². The molecule has 11 heteroatoms. The summed E-state index contributed by atoms with van der Waals surface area (Å²) in [5, 5.41) is 4.77. The van der Waals surface area contributed by atoms with Gasteiger partial charge in [0.25, 0.3) is 5.56 Å². The minimum atomic E-state index is -2.00. The first-order valence-corrected chi connectivity index (χ1v) is 18.3. The fourth-order valence-corrected chi connectivity index (χ4v) is 11.0. The van der Waals surface area contributed by atoms with Crippen LogP contribution in [0.25, 0.3) is 22.3 Å². The van der Waals surface area contributed by atoms with Gasteiger partial charge in [-0.25, -0.2) is 14.6 Å². The summed E-state index contributed by atoms with van der Waals surface area (Å²) in [4.78, 5) is 57.6. The molecular weight excluding hydrogens is 578 g/mol. The molecule has 4 heterocycles. The third kappa shape index (κ3) is 5.53. The smallest absolute Gasteiger partial charge is 0.408 e. The molecule has 0 saturated heterocycles. The summed E-state index contributed by atoms with van der Waals surface area (Å²) in [6, 6.07) is 10.9. The van der Waals surface area contributed by atoms with Crippen LogP contribution >= 0.6 is 0 Å². The molecule has 0 aliphatic carbocycles. The summed E-state index contributed by atoms with van der Waals surface area (Å²) in [6.45, 7) is 15.6. The Morgan fingerprint density at radius 1 is 1.16 bits per heavy atom. The first-order valence-electron chi connectivity index (χ1n) is 15.1. The lowest BCUT2D eigenvalue weighted by Crippen LogP contribution is -2.49. The van der Waals surface area contributed by atoms with Crippen molar-refractivity contribution in [1.82, 2.24) is 14.9 Å². The number of hydrogen-bond acceptors (Lipinski definition) is 8. The molecule has 1 N–H and O–H groups in total. The Balaban J connectivity index is 1.61. The van der Waals surface area contributed by atoms with Gasteiger partial charge in [0.1, 0.15) is 18.8 Å². The van der Waals surface area contributed by atoms with Crippen molar-refractivity contribution in [2.75, 3.05) is 6.54 Å². The predicted octanol–water partition coefficient (Wildman–Crippen LogP) is 4.73. The van der Waals surface area contributed by atoms with Crippen LogP contribution in [-0.4, -0.2) is 47.8 Å². The lowest BCUT2D eigenvalue weighted by atomic mass is 9.85. The number of fused-ring (bicyclic) bond motifs is 5. The quantitative estimate of drug-likeness (QED) is 0.179. The van der Waals surface area contributed by atoms with Crippen LogP contribution in [0.5, 0.6) is 0 Å². The number of benzene rings is 1. The predicted molar refractivity (Wildman–Crippen MR) is 169 cm³/mol. The number of para-hydroxylation sites is 1. The van der Waals surface area contributed by atoms with Gasteiger partial charge in [-0.3, -0.25) is 9.59 Å². The van der Waals surface area contributed by atoms with Gasteiger partial charge in [0.05, 0.1) is 37.1 Å². The standard InChI is InChI=1S/C33H41N3O7Si/c1-9-33(42-26(37)15-34-31(40)43-32(4,5)6)23-14-25-27-21(16-36(25)29(38)22(23)17-41-30(33)39)28(44(7,8)18-19(2)3)20-12-10-11-13-24(20)35-27/h10-14,19H,9,15-18H2,1-8H3,(H,34,40). The summed E-state index contributed by atoms with van der Waals surface area (Å²) in [5.41, 5.74) is 0.825. The number of carbonyl (C=O) groups excluding carboxylic acids is 3. The number of carbonyl (C=O) groups is 3. The van der Waals surface area contributed by atoms with E-state index in [1.54, 1.807) is 38.3 Å². The molecule has 2 aliphatic rings. The van der Waals surface area contributed by atoms with Crippen LogP contribution in [0.15, 0.2) is 35.1 Å². The first-order chi connectivity index (χ1) is 20.6. The molecule has 0 radical (unpaired) electrons. The fourth-order valence-electron chi connectivity index (χ4n) is 6.77. The Bertz CT molecular complexity index is 1740. The summed E-state index contributed by atoms with van der Waals surface area (Å²) >= 11 is 0. The van der Waals surface area contributed by atoms with Crippen LogP contribution < -0.4 is 16.1 Å². The number of amides is 1. The lowest BCUT2D eigenvalue weighted by molar-refractivity contribution is -0.188. The Morgan fingerprint density at radius 2 is 1.86 bits per heavy atom. The maximum atomic E-state index is 14.1. The summed E-state index contributed by atoms with van der Waals surface area (Å²) < 4.78 is 18.1. The van der Waals surface area contributed by atoms with Gasteiger partial charge in [-0.2, -0.15) is 0 Å². The average Bonchev–Trinajstić information content (AvgIpc) is 3.28. The van der Waals surface area contributed by atoms with Crippen LogP contribution in [0, 0.1) is 5.92 Å². The molecule has 3 aromatic rings. The van der Waals surface area contributed by atoms with Crippen LogP contribution in [0.2, 0.25) is 19.1 Å². The summed E-state index contributed by atoms with van der Waals surface area (Å²) in [5.74, 6) is -1.12. The molecule has 0 saturated carbocycles. The van der Waals surface area contributed by atoms with Gasteiger partial charge in [0, 0.05) is 5.56 Å². The van der Waals surface area contributed by atoms with Gasteiger partial charge < -0.3 is 24.1 Å². The molecule has 2 aromatic heterocycles. The van der Waals surface area contributed by atoms with Gasteiger partial charge in [-0.05, 0) is 61.4 Å². The van der Waals surface area contributed by atoms with Gasteiger partial charge in [-0.1, -0.05) is 58.1 Å². The molecule has 44 heavy (non-hydrogen) atoms. The molecule has 0 bridgehead atoms. The highest BCUT2D eigenvalue weighted by Gasteiger charge is 2.50. The van der Waals surface area contributed by atoms with E-state index in [1.807, 2.05) is 18.2 Å². The molecule has 1 aromatic carbocycles. The van der Waals surface area contributed by atoms with E-state index in [1.165, 1.54) is 5.19 Å². The zero-order valence-corrected chi connectivity index (χ0v) is 27.8. The summed E-state index contributed by atoms with van der Waals surface area (Å²) in [7, 11) is -2.00. The number of hydrogen-bond donors (Lipinski definition) is 1. The molecule has 0 spiro atoms. The number of esters is 2. The third-order valence-electron chi connectivity index (χ3n) is 8.22.